The number of thiophene rings is 1. The zero-order valence-corrected chi connectivity index (χ0v) is 10.1. The Hall–Kier alpha value is -0.870. The minimum atomic E-state index is -0.615. The van der Waals surface area contributed by atoms with Crippen LogP contribution in [-0.4, -0.2) is 5.11 Å². The van der Waals surface area contributed by atoms with Crippen molar-refractivity contribution in [2.24, 2.45) is 5.73 Å². The summed E-state index contributed by atoms with van der Waals surface area (Å²) in [6, 6.07) is 9.14. The molecule has 4 heteroatoms. The summed E-state index contributed by atoms with van der Waals surface area (Å²) in [7, 11) is 0. The van der Waals surface area contributed by atoms with Crippen molar-refractivity contribution in [3.63, 3.8) is 0 Å². The van der Waals surface area contributed by atoms with E-state index in [1.54, 1.807) is 12.1 Å². The van der Waals surface area contributed by atoms with Crippen LogP contribution >= 0.6 is 22.9 Å². The van der Waals surface area contributed by atoms with Gasteiger partial charge in [0.1, 0.15) is 6.10 Å². The predicted octanol–water partition coefficient (Wildman–Crippen LogP) is 2.94. The second-order valence-corrected chi connectivity index (χ2v) is 4.85. The molecule has 0 aliphatic rings. The lowest BCUT2D eigenvalue weighted by molar-refractivity contribution is 0.223. The summed E-state index contributed by atoms with van der Waals surface area (Å²) in [4.78, 5) is 0.907. The van der Waals surface area contributed by atoms with E-state index < -0.39 is 6.10 Å². The molecule has 0 fully saturated rings. The van der Waals surface area contributed by atoms with Crippen LogP contribution in [0.3, 0.4) is 0 Å². The zero-order valence-electron chi connectivity index (χ0n) is 8.56. The van der Waals surface area contributed by atoms with Gasteiger partial charge in [-0.1, -0.05) is 23.7 Å². The van der Waals surface area contributed by atoms with E-state index in [0.29, 0.717) is 11.6 Å². The predicted molar refractivity (Wildman–Crippen MR) is 67.7 cm³/mol. The van der Waals surface area contributed by atoms with Crippen LogP contribution in [0.1, 0.15) is 22.1 Å². The maximum absolute atomic E-state index is 10.2. The topological polar surface area (TPSA) is 46.2 Å². The van der Waals surface area contributed by atoms with Crippen molar-refractivity contribution < 1.29 is 5.11 Å². The first-order valence-electron chi connectivity index (χ1n) is 4.92. The van der Waals surface area contributed by atoms with Gasteiger partial charge in [0.25, 0.3) is 0 Å². The van der Waals surface area contributed by atoms with E-state index in [1.165, 1.54) is 11.3 Å². The summed E-state index contributed by atoms with van der Waals surface area (Å²) in [6.07, 6.45) is -0.615. The molecule has 2 aromatic rings. The van der Waals surface area contributed by atoms with Gasteiger partial charge in [0.15, 0.2) is 0 Å². The van der Waals surface area contributed by atoms with Crippen LogP contribution in [0.4, 0.5) is 0 Å². The van der Waals surface area contributed by atoms with Crippen molar-refractivity contribution in [3.05, 3.63) is 56.7 Å². The molecule has 0 radical (unpaired) electrons. The normalized spacial score (nSPS) is 12.7. The van der Waals surface area contributed by atoms with E-state index in [1.807, 2.05) is 23.6 Å². The van der Waals surface area contributed by atoms with Crippen molar-refractivity contribution in [2.75, 3.05) is 0 Å². The summed E-state index contributed by atoms with van der Waals surface area (Å²) in [5.74, 6) is 0. The Balaban J connectivity index is 2.31. The van der Waals surface area contributed by atoms with Crippen LogP contribution in [0.5, 0.6) is 0 Å². The summed E-state index contributed by atoms with van der Waals surface area (Å²) in [5.41, 5.74) is 7.44. The maximum atomic E-state index is 10.2. The smallest absolute Gasteiger partial charge is 0.114 e. The SMILES string of the molecule is NCc1ccsc1[C@H](O)c1ccc(Cl)cc1. The number of halogens is 1. The number of hydrogen-bond acceptors (Lipinski definition) is 3. The van der Waals surface area contributed by atoms with Gasteiger partial charge in [0, 0.05) is 16.4 Å². The lowest BCUT2D eigenvalue weighted by atomic mass is 10.1. The van der Waals surface area contributed by atoms with E-state index >= 15 is 0 Å². The zero-order chi connectivity index (χ0) is 11.5. The second kappa shape index (κ2) is 4.97. The van der Waals surface area contributed by atoms with Crippen LogP contribution in [0.25, 0.3) is 0 Å². The minimum absolute atomic E-state index is 0.448. The van der Waals surface area contributed by atoms with Crippen molar-refractivity contribution in [1.82, 2.24) is 0 Å². The van der Waals surface area contributed by atoms with Gasteiger partial charge in [-0.05, 0) is 34.7 Å². The third-order valence-corrected chi connectivity index (χ3v) is 3.70. The highest BCUT2D eigenvalue weighted by molar-refractivity contribution is 7.10. The largest absolute Gasteiger partial charge is 0.383 e. The molecule has 2 nitrogen and oxygen atoms in total. The third kappa shape index (κ3) is 2.28. The van der Waals surface area contributed by atoms with E-state index in [0.717, 1.165) is 16.0 Å². The summed E-state index contributed by atoms with van der Waals surface area (Å²) >= 11 is 7.32. The Kier molecular flexibility index (Phi) is 3.61. The van der Waals surface area contributed by atoms with Gasteiger partial charge in [0.05, 0.1) is 0 Å². The molecule has 0 aliphatic heterocycles. The highest BCUT2D eigenvalue weighted by Crippen LogP contribution is 2.29. The van der Waals surface area contributed by atoms with E-state index in [-0.39, 0.29) is 0 Å². The van der Waals surface area contributed by atoms with Crippen LogP contribution in [0.15, 0.2) is 35.7 Å². The monoisotopic (exact) mass is 253 g/mol. The fraction of sp³-hybridized carbons (Fsp3) is 0.167. The molecule has 2 rings (SSSR count). The highest BCUT2D eigenvalue weighted by Gasteiger charge is 2.15. The second-order valence-electron chi connectivity index (χ2n) is 3.47. The van der Waals surface area contributed by atoms with Gasteiger partial charge in [-0.15, -0.1) is 11.3 Å². The lowest BCUT2D eigenvalue weighted by Gasteiger charge is -2.11. The Bertz CT molecular complexity index is 466. The lowest BCUT2D eigenvalue weighted by Crippen LogP contribution is -2.03. The fourth-order valence-electron chi connectivity index (χ4n) is 1.55. The third-order valence-electron chi connectivity index (χ3n) is 2.43. The molecule has 1 aromatic carbocycles. The molecule has 84 valence electrons. The first kappa shape index (κ1) is 11.6. The van der Waals surface area contributed by atoms with Gasteiger partial charge < -0.3 is 10.8 Å². The molecule has 0 saturated carbocycles. The molecule has 0 amide bonds. The minimum Gasteiger partial charge on any atom is -0.383 e. The van der Waals surface area contributed by atoms with Crippen molar-refractivity contribution in [2.45, 2.75) is 12.6 Å². The highest BCUT2D eigenvalue weighted by atomic mass is 35.5. The summed E-state index contributed by atoms with van der Waals surface area (Å²) in [6.45, 7) is 0.448. The van der Waals surface area contributed by atoms with Crippen molar-refractivity contribution in [3.8, 4) is 0 Å². The molecule has 0 bridgehead atoms. The summed E-state index contributed by atoms with van der Waals surface area (Å²) in [5, 5.41) is 12.8. The number of rotatable bonds is 3. The van der Waals surface area contributed by atoms with E-state index in [4.69, 9.17) is 17.3 Å². The van der Waals surface area contributed by atoms with Crippen LogP contribution in [-0.2, 0) is 6.54 Å². The first-order valence-corrected chi connectivity index (χ1v) is 6.18. The molecule has 1 aromatic heterocycles. The summed E-state index contributed by atoms with van der Waals surface area (Å²) < 4.78 is 0. The van der Waals surface area contributed by atoms with E-state index in [2.05, 4.69) is 0 Å². The maximum Gasteiger partial charge on any atom is 0.114 e. The molecule has 1 atom stereocenters. The quantitative estimate of drug-likeness (QED) is 0.884. The van der Waals surface area contributed by atoms with Crippen LogP contribution < -0.4 is 5.73 Å². The van der Waals surface area contributed by atoms with E-state index in [9.17, 15) is 5.11 Å². The molecule has 0 saturated heterocycles. The fourth-order valence-corrected chi connectivity index (χ4v) is 2.63. The number of aliphatic hydroxyl groups is 1. The van der Waals surface area contributed by atoms with Crippen LogP contribution in [0.2, 0.25) is 5.02 Å². The number of aliphatic hydroxyl groups excluding tert-OH is 1. The van der Waals surface area contributed by atoms with Crippen molar-refractivity contribution >= 4 is 22.9 Å². The van der Waals surface area contributed by atoms with Gasteiger partial charge in [-0.3, -0.25) is 0 Å². The van der Waals surface area contributed by atoms with Crippen molar-refractivity contribution in [1.29, 1.82) is 0 Å². The molecule has 1 heterocycles. The van der Waals surface area contributed by atoms with Gasteiger partial charge in [-0.2, -0.15) is 0 Å². The Morgan fingerprint density at radius 3 is 2.56 bits per heavy atom. The molecule has 0 spiro atoms. The Labute approximate surface area is 103 Å². The Morgan fingerprint density at radius 1 is 1.25 bits per heavy atom. The average molecular weight is 254 g/mol. The molecule has 0 aliphatic carbocycles. The number of nitrogens with two attached hydrogens (primary N) is 1. The molecule has 16 heavy (non-hydrogen) atoms. The first-order chi connectivity index (χ1) is 7.72. The molecule has 0 unspecified atom stereocenters. The average Bonchev–Trinajstić information content (AvgIpc) is 2.77. The number of benzene rings is 1. The van der Waals surface area contributed by atoms with Gasteiger partial charge in [0.2, 0.25) is 0 Å². The standard InChI is InChI=1S/C12H12ClNOS/c13-10-3-1-8(2-4-10)11(15)12-9(7-14)5-6-16-12/h1-6,11,15H,7,14H2/t11-/m1/s1. The molecular formula is C12H12ClNOS. The Morgan fingerprint density at radius 2 is 1.94 bits per heavy atom. The van der Waals surface area contributed by atoms with Gasteiger partial charge >= 0.3 is 0 Å². The van der Waals surface area contributed by atoms with Crippen LogP contribution in [0, 0.1) is 0 Å². The molecular weight excluding hydrogens is 242 g/mol. The molecule has 3 N–H and O–H groups in total. The number of hydrogen-bond donors (Lipinski definition) is 2. The van der Waals surface area contributed by atoms with Gasteiger partial charge in [-0.25, -0.2) is 0 Å².